The van der Waals surface area contributed by atoms with E-state index in [0.717, 1.165) is 19.4 Å². The van der Waals surface area contributed by atoms with Crippen LogP contribution in [0, 0.1) is 0 Å². The van der Waals surface area contributed by atoms with Gasteiger partial charge >= 0.3 is 0 Å². The number of rotatable bonds is 4. The molecule has 1 atom stereocenters. The summed E-state index contributed by atoms with van der Waals surface area (Å²) in [5.74, 6) is 0. The Kier molecular flexibility index (Phi) is 5.06. The van der Waals surface area contributed by atoms with E-state index in [1.165, 1.54) is 12.5 Å². The second-order valence-electron chi connectivity index (χ2n) is 5.16. The molecule has 1 unspecified atom stereocenters. The molecule has 20 heavy (non-hydrogen) atoms. The topological polar surface area (TPSA) is 75.4 Å². The largest absolute Gasteiger partial charge is 0.398 e. The SMILES string of the molecule is CN1CCCCC1CNS(=O)(=O)c1cc(Br)ccc1N. The minimum Gasteiger partial charge on any atom is -0.398 e. The van der Waals surface area contributed by atoms with Crippen LogP contribution in [0.15, 0.2) is 27.6 Å². The smallest absolute Gasteiger partial charge is 0.242 e. The van der Waals surface area contributed by atoms with Gasteiger partial charge in [0.1, 0.15) is 4.90 Å². The van der Waals surface area contributed by atoms with Crippen molar-refractivity contribution in [3.63, 3.8) is 0 Å². The summed E-state index contributed by atoms with van der Waals surface area (Å²) in [4.78, 5) is 2.33. The molecule has 0 spiro atoms. The number of nitrogens with two attached hydrogens (primary N) is 1. The summed E-state index contributed by atoms with van der Waals surface area (Å²) in [7, 11) is -1.53. The summed E-state index contributed by atoms with van der Waals surface area (Å²) in [6, 6.07) is 5.10. The molecule has 0 bridgehead atoms. The minimum absolute atomic E-state index is 0.130. The summed E-state index contributed by atoms with van der Waals surface area (Å²) < 4.78 is 28.0. The highest BCUT2D eigenvalue weighted by Gasteiger charge is 2.23. The normalized spacial score (nSPS) is 21.0. The lowest BCUT2D eigenvalue weighted by Gasteiger charge is -2.32. The molecule has 5 nitrogen and oxygen atoms in total. The maximum absolute atomic E-state index is 12.3. The van der Waals surface area contributed by atoms with Crippen LogP contribution in [0.3, 0.4) is 0 Å². The van der Waals surface area contributed by atoms with Crippen LogP contribution >= 0.6 is 15.9 Å². The van der Waals surface area contributed by atoms with E-state index in [2.05, 4.69) is 25.6 Å². The van der Waals surface area contributed by atoms with Gasteiger partial charge in [0.2, 0.25) is 10.0 Å². The lowest BCUT2D eigenvalue weighted by atomic mass is 10.0. The van der Waals surface area contributed by atoms with Crippen molar-refractivity contribution in [2.24, 2.45) is 0 Å². The van der Waals surface area contributed by atoms with Gasteiger partial charge in [0.05, 0.1) is 5.69 Å². The number of hydrogen-bond donors (Lipinski definition) is 2. The molecule has 1 aromatic rings. The summed E-state index contributed by atoms with van der Waals surface area (Å²) >= 11 is 3.27. The van der Waals surface area contributed by atoms with Gasteiger partial charge in [-0.2, -0.15) is 0 Å². The highest BCUT2D eigenvalue weighted by atomic mass is 79.9. The number of anilines is 1. The highest BCUT2D eigenvalue weighted by molar-refractivity contribution is 9.10. The van der Waals surface area contributed by atoms with Gasteiger partial charge in [-0.05, 0) is 44.6 Å². The minimum atomic E-state index is -3.57. The average Bonchev–Trinajstić information content (AvgIpc) is 2.40. The molecule has 1 aromatic carbocycles. The molecule has 1 heterocycles. The first kappa shape index (κ1) is 15.8. The first-order valence-electron chi connectivity index (χ1n) is 6.65. The zero-order chi connectivity index (χ0) is 14.8. The monoisotopic (exact) mass is 361 g/mol. The molecule has 7 heteroatoms. The van der Waals surface area contributed by atoms with Crippen molar-refractivity contribution in [3.05, 3.63) is 22.7 Å². The first-order chi connectivity index (χ1) is 9.40. The van der Waals surface area contributed by atoms with Crippen molar-refractivity contribution in [1.29, 1.82) is 0 Å². The first-order valence-corrected chi connectivity index (χ1v) is 8.93. The van der Waals surface area contributed by atoms with Crippen LogP contribution in [-0.2, 0) is 10.0 Å². The van der Waals surface area contributed by atoms with Gasteiger partial charge < -0.3 is 10.6 Å². The Hall–Kier alpha value is -0.630. The van der Waals surface area contributed by atoms with E-state index >= 15 is 0 Å². The van der Waals surface area contributed by atoms with Crippen molar-refractivity contribution >= 4 is 31.6 Å². The van der Waals surface area contributed by atoms with E-state index in [-0.39, 0.29) is 16.6 Å². The lowest BCUT2D eigenvalue weighted by molar-refractivity contribution is 0.187. The fourth-order valence-corrected chi connectivity index (χ4v) is 4.17. The molecule has 0 amide bonds. The number of likely N-dealkylation sites (tertiary alicyclic amines) is 1. The number of nitrogens with one attached hydrogen (secondary N) is 1. The van der Waals surface area contributed by atoms with Crippen LogP contribution in [-0.4, -0.2) is 39.5 Å². The predicted molar refractivity (Wildman–Crippen MR) is 84.0 cm³/mol. The van der Waals surface area contributed by atoms with Crippen molar-refractivity contribution in [2.75, 3.05) is 25.9 Å². The maximum atomic E-state index is 12.3. The van der Waals surface area contributed by atoms with E-state index in [4.69, 9.17) is 5.73 Å². The number of nitrogen functional groups attached to an aromatic ring is 1. The van der Waals surface area contributed by atoms with Crippen molar-refractivity contribution in [1.82, 2.24) is 9.62 Å². The number of nitrogens with zero attached hydrogens (tertiary/aromatic N) is 1. The number of halogens is 1. The Balaban J connectivity index is 2.09. The zero-order valence-electron chi connectivity index (χ0n) is 11.5. The van der Waals surface area contributed by atoms with Gasteiger partial charge in [-0.3, -0.25) is 0 Å². The van der Waals surface area contributed by atoms with Gasteiger partial charge in [0.15, 0.2) is 0 Å². The number of hydrogen-bond acceptors (Lipinski definition) is 4. The highest BCUT2D eigenvalue weighted by Crippen LogP contribution is 2.23. The molecule has 1 aliphatic rings. The van der Waals surface area contributed by atoms with Crippen molar-refractivity contribution in [3.8, 4) is 0 Å². The van der Waals surface area contributed by atoms with Crippen LogP contribution in [0.5, 0.6) is 0 Å². The molecule has 0 radical (unpaired) electrons. The standard InChI is InChI=1S/C13H20BrN3O2S/c1-17-7-3-2-4-11(17)9-16-20(18,19)13-8-10(14)5-6-12(13)15/h5-6,8,11,16H,2-4,7,9,15H2,1H3. The van der Waals surface area contributed by atoms with Crippen LogP contribution in [0.4, 0.5) is 5.69 Å². The zero-order valence-corrected chi connectivity index (χ0v) is 13.9. The number of likely N-dealkylation sites (N-methyl/N-ethyl adjacent to an activating group) is 1. The van der Waals surface area contributed by atoms with Crippen LogP contribution in [0.25, 0.3) is 0 Å². The molecule has 1 aliphatic heterocycles. The summed E-state index contributed by atoms with van der Waals surface area (Å²) in [6.07, 6.45) is 3.35. The number of piperidine rings is 1. The summed E-state index contributed by atoms with van der Waals surface area (Å²) in [5.41, 5.74) is 6.02. The fourth-order valence-electron chi connectivity index (χ4n) is 2.43. The number of sulfonamides is 1. The lowest BCUT2D eigenvalue weighted by Crippen LogP contribution is -2.44. The van der Waals surface area contributed by atoms with E-state index in [9.17, 15) is 8.42 Å². The molecule has 0 aromatic heterocycles. The van der Waals surface area contributed by atoms with Gasteiger partial charge in [-0.1, -0.05) is 22.4 Å². The predicted octanol–water partition coefficient (Wildman–Crippen LogP) is 1.79. The Morgan fingerprint density at radius 1 is 1.45 bits per heavy atom. The third-order valence-corrected chi connectivity index (χ3v) is 5.67. The van der Waals surface area contributed by atoms with Gasteiger partial charge in [0.25, 0.3) is 0 Å². The van der Waals surface area contributed by atoms with Crippen LogP contribution in [0.2, 0.25) is 0 Å². The second kappa shape index (κ2) is 6.43. The Morgan fingerprint density at radius 3 is 2.90 bits per heavy atom. The molecular weight excluding hydrogens is 342 g/mol. The molecule has 2 rings (SSSR count). The molecule has 0 aliphatic carbocycles. The third-order valence-electron chi connectivity index (χ3n) is 3.70. The van der Waals surface area contributed by atoms with Gasteiger partial charge in [-0.15, -0.1) is 0 Å². The van der Waals surface area contributed by atoms with Crippen LogP contribution < -0.4 is 10.5 Å². The molecule has 112 valence electrons. The van der Waals surface area contributed by atoms with E-state index < -0.39 is 10.0 Å². The Bertz CT molecular complexity index is 577. The van der Waals surface area contributed by atoms with Gasteiger partial charge in [0, 0.05) is 17.1 Å². The van der Waals surface area contributed by atoms with E-state index in [1.807, 2.05) is 7.05 Å². The average molecular weight is 362 g/mol. The Morgan fingerprint density at radius 2 is 2.20 bits per heavy atom. The maximum Gasteiger partial charge on any atom is 0.242 e. The fraction of sp³-hybridized carbons (Fsp3) is 0.538. The Labute approximate surface area is 128 Å². The van der Waals surface area contributed by atoms with Crippen molar-refractivity contribution in [2.45, 2.75) is 30.2 Å². The summed E-state index contributed by atoms with van der Waals surface area (Å²) in [5, 5.41) is 0. The second-order valence-corrected chi connectivity index (χ2v) is 7.82. The summed E-state index contributed by atoms with van der Waals surface area (Å²) in [6.45, 7) is 1.44. The van der Waals surface area contributed by atoms with E-state index in [1.54, 1.807) is 12.1 Å². The molecule has 3 N–H and O–H groups in total. The van der Waals surface area contributed by atoms with Crippen LogP contribution in [0.1, 0.15) is 19.3 Å². The molecule has 1 saturated heterocycles. The quantitative estimate of drug-likeness (QED) is 0.801. The van der Waals surface area contributed by atoms with E-state index in [0.29, 0.717) is 11.0 Å². The molecule has 0 saturated carbocycles. The van der Waals surface area contributed by atoms with Crippen molar-refractivity contribution < 1.29 is 8.42 Å². The van der Waals surface area contributed by atoms with Gasteiger partial charge in [-0.25, -0.2) is 13.1 Å². The molecule has 1 fully saturated rings. The molecular formula is C13H20BrN3O2S. The number of benzene rings is 1. The third kappa shape index (κ3) is 3.72.